The van der Waals surface area contributed by atoms with Gasteiger partial charge in [-0.15, -0.1) is 0 Å². The molecule has 2 N–H and O–H groups in total. The molecule has 20 heavy (non-hydrogen) atoms. The fourth-order valence-electron chi connectivity index (χ4n) is 2.68. The van der Waals surface area contributed by atoms with Crippen LogP contribution in [0.3, 0.4) is 0 Å². The Kier molecular flexibility index (Phi) is 5.27. The van der Waals surface area contributed by atoms with Crippen LogP contribution in [0, 0.1) is 5.92 Å². The number of benzene rings is 1. The average Bonchev–Trinajstić information content (AvgIpc) is 2.90. The van der Waals surface area contributed by atoms with Gasteiger partial charge in [0.1, 0.15) is 5.75 Å². The largest absolute Gasteiger partial charge is 0.493 e. The topological polar surface area (TPSA) is 55.6 Å². The maximum atomic E-state index is 12.1. The lowest BCUT2D eigenvalue weighted by Crippen LogP contribution is -2.29. The van der Waals surface area contributed by atoms with Gasteiger partial charge in [0.2, 0.25) is 5.91 Å². The minimum Gasteiger partial charge on any atom is -0.493 e. The van der Waals surface area contributed by atoms with Crippen LogP contribution >= 0.6 is 0 Å². The van der Waals surface area contributed by atoms with Crippen molar-refractivity contribution in [3.05, 3.63) is 24.3 Å². The van der Waals surface area contributed by atoms with Gasteiger partial charge in [-0.2, -0.15) is 0 Å². The molecule has 110 valence electrons. The highest BCUT2D eigenvalue weighted by Gasteiger charge is 2.25. The number of hydrogen-bond donors (Lipinski definition) is 1. The van der Waals surface area contributed by atoms with E-state index in [2.05, 4.69) is 6.92 Å². The summed E-state index contributed by atoms with van der Waals surface area (Å²) < 4.78 is 5.56. The van der Waals surface area contributed by atoms with Gasteiger partial charge >= 0.3 is 0 Å². The lowest BCUT2D eigenvalue weighted by atomic mass is 10.0. The van der Waals surface area contributed by atoms with Gasteiger partial charge in [-0.3, -0.25) is 4.79 Å². The number of carbonyl (C=O) groups is 1. The Labute approximate surface area is 120 Å². The number of nitrogen functional groups attached to an aromatic ring is 1. The first-order chi connectivity index (χ1) is 9.69. The number of nitrogens with zero attached hydrogens (tertiary/aromatic N) is 1. The van der Waals surface area contributed by atoms with Crippen LogP contribution < -0.4 is 10.5 Å². The molecule has 1 aliphatic rings. The van der Waals surface area contributed by atoms with E-state index in [0.29, 0.717) is 24.6 Å². The van der Waals surface area contributed by atoms with E-state index in [4.69, 9.17) is 10.5 Å². The fraction of sp³-hybridized carbons (Fsp3) is 0.562. The van der Waals surface area contributed by atoms with E-state index in [-0.39, 0.29) is 5.91 Å². The summed E-state index contributed by atoms with van der Waals surface area (Å²) in [6.45, 7) is 4.46. The molecule has 0 radical (unpaired) electrons. The molecule has 2 rings (SSSR count). The van der Waals surface area contributed by atoms with Crippen molar-refractivity contribution in [1.82, 2.24) is 4.90 Å². The number of rotatable bonds is 6. The number of nitrogens with two attached hydrogens (primary N) is 1. The van der Waals surface area contributed by atoms with E-state index < -0.39 is 0 Å². The fourth-order valence-corrected chi connectivity index (χ4v) is 2.68. The number of carbonyl (C=O) groups excluding carboxylic acids is 1. The highest BCUT2D eigenvalue weighted by atomic mass is 16.5. The van der Waals surface area contributed by atoms with Crippen molar-refractivity contribution < 1.29 is 9.53 Å². The quantitative estimate of drug-likeness (QED) is 0.813. The molecular weight excluding hydrogens is 252 g/mol. The van der Waals surface area contributed by atoms with Crippen molar-refractivity contribution in [2.75, 3.05) is 25.4 Å². The van der Waals surface area contributed by atoms with Gasteiger partial charge in [0.25, 0.3) is 0 Å². The number of amides is 1. The molecule has 0 bridgehead atoms. The molecule has 1 atom stereocenters. The number of hydrogen-bond acceptors (Lipinski definition) is 3. The molecule has 0 spiro atoms. The van der Waals surface area contributed by atoms with Gasteiger partial charge in [-0.25, -0.2) is 0 Å². The maximum absolute atomic E-state index is 12.1. The van der Waals surface area contributed by atoms with Gasteiger partial charge in [0.15, 0.2) is 0 Å². The molecule has 1 fully saturated rings. The summed E-state index contributed by atoms with van der Waals surface area (Å²) in [4.78, 5) is 14.0. The first-order valence-corrected chi connectivity index (χ1v) is 7.45. The molecule has 1 aromatic rings. The Morgan fingerprint density at radius 1 is 1.40 bits per heavy atom. The summed E-state index contributed by atoms with van der Waals surface area (Å²) in [6.07, 6.45) is 4.03. The van der Waals surface area contributed by atoms with E-state index in [9.17, 15) is 4.79 Å². The normalized spacial score (nSPS) is 18.2. The van der Waals surface area contributed by atoms with Crippen molar-refractivity contribution in [2.24, 2.45) is 5.92 Å². The standard InChI is InChI=1S/C16H24N2O2/c1-2-3-13-8-10-18(12-13)16(19)9-11-20-15-6-4-14(17)5-7-15/h4-7,13H,2-3,8-12,17H2,1H3. The second-order valence-corrected chi connectivity index (χ2v) is 5.45. The Hall–Kier alpha value is -1.71. The minimum atomic E-state index is 0.207. The molecule has 1 heterocycles. The van der Waals surface area contributed by atoms with Crippen molar-refractivity contribution in [3.63, 3.8) is 0 Å². The average molecular weight is 276 g/mol. The Morgan fingerprint density at radius 3 is 2.85 bits per heavy atom. The van der Waals surface area contributed by atoms with Crippen molar-refractivity contribution >= 4 is 11.6 Å². The highest BCUT2D eigenvalue weighted by molar-refractivity contribution is 5.76. The Bertz CT molecular complexity index is 431. The smallest absolute Gasteiger partial charge is 0.226 e. The zero-order valence-corrected chi connectivity index (χ0v) is 12.2. The van der Waals surface area contributed by atoms with Crippen LogP contribution in [0.5, 0.6) is 5.75 Å². The van der Waals surface area contributed by atoms with Crippen LogP contribution in [0.25, 0.3) is 0 Å². The number of ether oxygens (including phenoxy) is 1. The van der Waals surface area contributed by atoms with Crippen molar-refractivity contribution in [2.45, 2.75) is 32.6 Å². The predicted octanol–water partition coefficient (Wildman–Crippen LogP) is 2.69. The van der Waals surface area contributed by atoms with Crippen molar-refractivity contribution in [3.8, 4) is 5.75 Å². The Balaban J connectivity index is 1.69. The summed E-state index contributed by atoms with van der Waals surface area (Å²) in [6, 6.07) is 7.25. The molecule has 1 unspecified atom stereocenters. The predicted molar refractivity (Wildman–Crippen MR) is 80.6 cm³/mol. The molecule has 1 saturated heterocycles. The molecule has 1 aromatic carbocycles. The molecule has 4 nitrogen and oxygen atoms in total. The Morgan fingerprint density at radius 2 is 2.15 bits per heavy atom. The number of likely N-dealkylation sites (tertiary alicyclic amines) is 1. The molecule has 0 aliphatic carbocycles. The van der Waals surface area contributed by atoms with Crippen LogP contribution in [0.1, 0.15) is 32.6 Å². The summed E-state index contributed by atoms with van der Waals surface area (Å²) in [5.74, 6) is 1.67. The molecule has 0 aromatic heterocycles. The summed E-state index contributed by atoms with van der Waals surface area (Å²) in [5, 5.41) is 0. The first-order valence-electron chi connectivity index (χ1n) is 7.45. The van der Waals surface area contributed by atoms with E-state index >= 15 is 0 Å². The van der Waals surface area contributed by atoms with Crippen LogP contribution in [-0.2, 0) is 4.79 Å². The van der Waals surface area contributed by atoms with Gasteiger partial charge in [-0.1, -0.05) is 13.3 Å². The van der Waals surface area contributed by atoms with Crippen LogP contribution in [0.4, 0.5) is 5.69 Å². The summed E-state index contributed by atoms with van der Waals surface area (Å²) >= 11 is 0. The third-order valence-corrected chi connectivity index (χ3v) is 3.80. The first kappa shape index (κ1) is 14.7. The molecule has 0 saturated carbocycles. The van der Waals surface area contributed by atoms with E-state index in [1.807, 2.05) is 17.0 Å². The molecule has 4 heteroatoms. The highest BCUT2D eigenvalue weighted by Crippen LogP contribution is 2.21. The minimum absolute atomic E-state index is 0.207. The van der Waals surface area contributed by atoms with E-state index in [1.54, 1.807) is 12.1 Å². The van der Waals surface area contributed by atoms with Gasteiger partial charge in [0, 0.05) is 18.8 Å². The van der Waals surface area contributed by atoms with Crippen LogP contribution in [-0.4, -0.2) is 30.5 Å². The molecular formula is C16H24N2O2. The van der Waals surface area contributed by atoms with Crippen LogP contribution in [0.2, 0.25) is 0 Å². The lowest BCUT2D eigenvalue weighted by Gasteiger charge is -2.16. The summed E-state index contributed by atoms with van der Waals surface area (Å²) in [7, 11) is 0. The second-order valence-electron chi connectivity index (χ2n) is 5.45. The molecule has 1 aliphatic heterocycles. The van der Waals surface area contributed by atoms with Gasteiger partial charge < -0.3 is 15.4 Å². The van der Waals surface area contributed by atoms with Gasteiger partial charge in [0.05, 0.1) is 13.0 Å². The monoisotopic (exact) mass is 276 g/mol. The van der Waals surface area contributed by atoms with Crippen LogP contribution in [0.15, 0.2) is 24.3 Å². The second kappa shape index (κ2) is 7.17. The van der Waals surface area contributed by atoms with E-state index in [1.165, 1.54) is 12.8 Å². The lowest BCUT2D eigenvalue weighted by molar-refractivity contribution is -0.130. The third-order valence-electron chi connectivity index (χ3n) is 3.80. The third kappa shape index (κ3) is 4.15. The summed E-state index contributed by atoms with van der Waals surface area (Å²) in [5.41, 5.74) is 6.32. The zero-order chi connectivity index (χ0) is 14.4. The maximum Gasteiger partial charge on any atom is 0.226 e. The number of anilines is 1. The SMILES string of the molecule is CCCC1CCN(C(=O)CCOc2ccc(N)cc2)C1. The van der Waals surface area contributed by atoms with E-state index in [0.717, 1.165) is 25.3 Å². The van der Waals surface area contributed by atoms with Gasteiger partial charge in [-0.05, 0) is 43.0 Å². The molecule has 1 amide bonds. The van der Waals surface area contributed by atoms with Crippen molar-refractivity contribution in [1.29, 1.82) is 0 Å². The zero-order valence-electron chi connectivity index (χ0n) is 12.2.